The number of rotatable bonds is 3. The van der Waals surface area contributed by atoms with Crippen molar-refractivity contribution in [1.82, 2.24) is 5.32 Å². The monoisotopic (exact) mass is 262 g/mol. The lowest BCUT2D eigenvalue weighted by Gasteiger charge is -2.38. The van der Waals surface area contributed by atoms with Crippen LogP contribution in [0.2, 0.25) is 0 Å². The van der Waals surface area contributed by atoms with Gasteiger partial charge in [-0.1, -0.05) is 11.8 Å². The molecule has 2 fully saturated rings. The summed E-state index contributed by atoms with van der Waals surface area (Å²) in [5.41, 5.74) is -0.223. The Kier molecular flexibility index (Phi) is 4.26. The highest BCUT2D eigenvalue weighted by atomic mass is 32.2. The van der Waals surface area contributed by atoms with Gasteiger partial charge in [0, 0.05) is 13.7 Å². The van der Waals surface area contributed by atoms with E-state index in [9.17, 15) is 10.2 Å². The Morgan fingerprint density at radius 1 is 1.47 bits per heavy atom. The van der Waals surface area contributed by atoms with Gasteiger partial charge in [0.25, 0.3) is 0 Å². The zero-order valence-electron chi connectivity index (χ0n) is 9.87. The molecule has 7 heteroatoms. The van der Waals surface area contributed by atoms with Gasteiger partial charge < -0.3 is 25.0 Å². The van der Waals surface area contributed by atoms with Gasteiger partial charge in [0.15, 0.2) is 5.17 Å². The fourth-order valence-corrected chi connectivity index (χ4v) is 3.20. The van der Waals surface area contributed by atoms with E-state index in [-0.39, 0.29) is 18.1 Å². The first-order valence-electron chi connectivity index (χ1n) is 5.65. The van der Waals surface area contributed by atoms with Crippen LogP contribution in [0, 0.1) is 0 Å². The highest BCUT2D eigenvalue weighted by molar-refractivity contribution is 8.14. The molecule has 0 aliphatic carbocycles. The second kappa shape index (κ2) is 5.53. The fraction of sp³-hybridized carbons (Fsp3) is 0.900. The van der Waals surface area contributed by atoms with Crippen LogP contribution in [-0.4, -0.2) is 65.4 Å². The molecule has 2 aliphatic rings. The second-order valence-electron chi connectivity index (χ2n) is 4.05. The summed E-state index contributed by atoms with van der Waals surface area (Å²) in [5.74, 6) is 0. The van der Waals surface area contributed by atoms with Crippen molar-refractivity contribution in [2.24, 2.45) is 4.99 Å². The molecule has 3 N–H and O–H groups in total. The fourth-order valence-electron chi connectivity index (χ4n) is 2.00. The van der Waals surface area contributed by atoms with E-state index in [1.807, 2.05) is 6.92 Å². The number of nitrogens with zero attached hydrogens (tertiary/aromatic N) is 1. The van der Waals surface area contributed by atoms with Crippen LogP contribution in [0.15, 0.2) is 4.99 Å². The van der Waals surface area contributed by atoms with Crippen LogP contribution in [0.1, 0.15) is 6.92 Å². The normalized spacial score (nSPS) is 43.5. The van der Waals surface area contributed by atoms with Gasteiger partial charge in [-0.2, -0.15) is 0 Å². The first-order valence-corrected chi connectivity index (χ1v) is 6.53. The Labute approximate surface area is 104 Å². The minimum absolute atomic E-state index is 0.223. The van der Waals surface area contributed by atoms with Crippen LogP contribution in [0.4, 0.5) is 0 Å². The van der Waals surface area contributed by atoms with Crippen molar-refractivity contribution in [2.45, 2.75) is 36.7 Å². The maximum absolute atomic E-state index is 10.0. The number of methoxy groups -OCH3 is 1. The number of hydrogen-bond donors (Lipinski definition) is 3. The first kappa shape index (κ1) is 13.1. The molecule has 0 bridgehead atoms. The molecule has 2 heterocycles. The van der Waals surface area contributed by atoms with Crippen molar-refractivity contribution in [3.05, 3.63) is 0 Å². The topological polar surface area (TPSA) is 83.3 Å². The molecule has 0 aromatic heterocycles. The lowest BCUT2D eigenvalue weighted by atomic mass is 9.98. The standard InChI is InChI=1S/C10H18N2O4S/c1-3-11-10-12-6-8(14)7(13)5(4-15-2)16-9(6)17-10/h5-9,13-14H,3-4H2,1-2H3,(H,11,12). The third-order valence-electron chi connectivity index (χ3n) is 2.85. The van der Waals surface area contributed by atoms with E-state index in [0.717, 1.165) is 5.17 Å². The highest BCUT2D eigenvalue weighted by Crippen LogP contribution is 2.33. The van der Waals surface area contributed by atoms with Crippen molar-refractivity contribution < 1.29 is 19.7 Å². The van der Waals surface area contributed by atoms with E-state index in [2.05, 4.69) is 10.3 Å². The first-order chi connectivity index (χ1) is 8.17. The van der Waals surface area contributed by atoms with Gasteiger partial charge in [-0.15, -0.1) is 0 Å². The third kappa shape index (κ3) is 2.58. The Morgan fingerprint density at radius 3 is 2.88 bits per heavy atom. The third-order valence-corrected chi connectivity index (χ3v) is 3.96. The molecule has 5 atom stereocenters. The minimum atomic E-state index is -0.940. The smallest absolute Gasteiger partial charge is 0.159 e. The molecule has 98 valence electrons. The SMILES string of the molecule is CCN=C1NC2C(OC(COC)C(O)C2O)S1. The molecule has 0 saturated carbocycles. The Hall–Kier alpha value is -0.340. The maximum atomic E-state index is 10.0. The molecule has 0 spiro atoms. The quantitative estimate of drug-likeness (QED) is 0.615. The van der Waals surface area contributed by atoms with Gasteiger partial charge in [0.2, 0.25) is 0 Å². The van der Waals surface area contributed by atoms with Gasteiger partial charge in [0.1, 0.15) is 23.7 Å². The second-order valence-corrected chi connectivity index (χ2v) is 5.13. The van der Waals surface area contributed by atoms with E-state index in [1.54, 1.807) is 7.11 Å². The molecular weight excluding hydrogens is 244 g/mol. The summed E-state index contributed by atoms with van der Waals surface area (Å²) < 4.78 is 10.7. The number of ether oxygens (including phenoxy) is 2. The van der Waals surface area contributed by atoms with Crippen molar-refractivity contribution in [2.75, 3.05) is 20.3 Å². The number of aliphatic imine (C=N–C) groups is 1. The van der Waals surface area contributed by atoms with Gasteiger partial charge >= 0.3 is 0 Å². The molecule has 0 aromatic carbocycles. The molecule has 17 heavy (non-hydrogen) atoms. The summed E-state index contributed by atoms with van der Waals surface area (Å²) in [4.78, 5) is 4.24. The summed E-state index contributed by atoms with van der Waals surface area (Å²) in [6.45, 7) is 2.88. The van der Waals surface area contributed by atoms with Gasteiger partial charge in [-0.25, -0.2) is 0 Å². The van der Waals surface area contributed by atoms with Crippen LogP contribution >= 0.6 is 11.8 Å². The van der Waals surface area contributed by atoms with E-state index in [4.69, 9.17) is 9.47 Å². The van der Waals surface area contributed by atoms with Crippen LogP contribution in [0.5, 0.6) is 0 Å². The summed E-state index contributed by atoms with van der Waals surface area (Å²) >= 11 is 1.44. The van der Waals surface area contributed by atoms with Crippen molar-refractivity contribution >= 4 is 16.9 Å². The minimum Gasteiger partial charge on any atom is -0.388 e. The molecule has 2 rings (SSSR count). The zero-order valence-corrected chi connectivity index (χ0v) is 10.7. The molecule has 2 aliphatic heterocycles. The predicted molar refractivity (Wildman–Crippen MR) is 65.0 cm³/mol. The Bertz CT molecular complexity index is 302. The van der Waals surface area contributed by atoms with E-state index in [1.165, 1.54) is 11.8 Å². The number of aliphatic hydroxyl groups is 2. The Morgan fingerprint density at radius 2 is 2.24 bits per heavy atom. The zero-order chi connectivity index (χ0) is 12.4. The lowest BCUT2D eigenvalue weighted by Crippen LogP contribution is -2.59. The summed E-state index contributed by atoms with van der Waals surface area (Å²) in [6.07, 6.45) is -2.30. The van der Waals surface area contributed by atoms with Gasteiger partial charge in [-0.05, 0) is 6.92 Å². The van der Waals surface area contributed by atoms with E-state index >= 15 is 0 Å². The van der Waals surface area contributed by atoms with Gasteiger partial charge in [0.05, 0.1) is 12.6 Å². The van der Waals surface area contributed by atoms with Crippen molar-refractivity contribution in [3.63, 3.8) is 0 Å². The van der Waals surface area contributed by atoms with Crippen molar-refractivity contribution in [1.29, 1.82) is 0 Å². The van der Waals surface area contributed by atoms with Crippen LogP contribution in [-0.2, 0) is 9.47 Å². The molecule has 6 nitrogen and oxygen atoms in total. The molecule has 0 aromatic rings. The molecule has 0 amide bonds. The van der Waals surface area contributed by atoms with Crippen molar-refractivity contribution in [3.8, 4) is 0 Å². The number of aliphatic hydroxyl groups excluding tert-OH is 2. The predicted octanol–water partition coefficient (Wildman–Crippen LogP) is -0.840. The van der Waals surface area contributed by atoms with E-state index < -0.39 is 18.3 Å². The van der Waals surface area contributed by atoms with E-state index in [0.29, 0.717) is 6.54 Å². The number of hydrogen-bond acceptors (Lipinski definition) is 6. The van der Waals surface area contributed by atoms with Crippen LogP contribution in [0.25, 0.3) is 0 Å². The summed E-state index contributed by atoms with van der Waals surface area (Å²) in [7, 11) is 1.54. The maximum Gasteiger partial charge on any atom is 0.159 e. The Balaban J connectivity index is 2.06. The number of thioether (sulfide) groups is 1. The molecule has 0 radical (unpaired) electrons. The average Bonchev–Trinajstić information content (AvgIpc) is 2.69. The number of nitrogens with one attached hydrogen (secondary N) is 1. The van der Waals surface area contributed by atoms with Crippen LogP contribution < -0.4 is 5.32 Å². The number of amidine groups is 1. The molecule has 2 saturated heterocycles. The summed E-state index contributed by atoms with van der Waals surface area (Å²) in [6, 6.07) is -0.312. The number of fused-ring (bicyclic) bond motifs is 1. The molecule has 5 unspecified atom stereocenters. The summed E-state index contributed by atoms with van der Waals surface area (Å²) in [5, 5.41) is 23.7. The lowest BCUT2D eigenvalue weighted by molar-refractivity contribution is -0.170. The molecular formula is C10H18N2O4S. The largest absolute Gasteiger partial charge is 0.388 e. The average molecular weight is 262 g/mol. The highest BCUT2D eigenvalue weighted by Gasteiger charge is 2.48. The van der Waals surface area contributed by atoms with Crippen LogP contribution in [0.3, 0.4) is 0 Å². The van der Waals surface area contributed by atoms with Gasteiger partial charge in [-0.3, -0.25) is 4.99 Å².